The van der Waals surface area contributed by atoms with Gasteiger partial charge in [-0.3, -0.25) is 14.7 Å². The van der Waals surface area contributed by atoms with E-state index in [0.717, 1.165) is 38.3 Å². The number of carbonyl (C=O) groups excluding carboxylic acids is 1. The Kier molecular flexibility index (Phi) is 5.55. The minimum Gasteiger partial charge on any atom is -0.340 e. The van der Waals surface area contributed by atoms with Crippen molar-refractivity contribution in [2.75, 3.05) is 26.2 Å². The molecule has 0 bridgehead atoms. The fraction of sp³-hybridized carbons (Fsp3) is 0.368. The Morgan fingerprint density at radius 2 is 1.96 bits per heavy atom. The molecule has 8 heteroatoms. The van der Waals surface area contributed by atoms with Crippen molar-refractivity contribution in [3.63, 3.8) is 0 Å². The lowest BCUT2D eigenvalue weighted by Crippen LogP contribution is -2.48. The number of hydrogen-bond donors (Lipinski definition) is 0. The van der Waals surface area contributed by atoms with Gasteiger partial charge in [-0.05, 0) is 23.6 Å². The summed E-state index contributed by atoms with van der Waals surface area (Å²) in [4.78, 5) is 26.5. The van der Waals surface area contributed by atoms with Crippen molar-refractivity contribution in [2.45, 2.75) is 19.4 Å². The van der Waals surface area contributed by atoms with E-state index in [0.29, 0.717) is 24.6 Å². The van der Waals surface area contributed by atoms with Crippen LogP contribution in [0.25, 0.3) is 11.4 Å². The van der Waals surface area contributed by atoms with Crippen LogP contribution in [0.4, 0.5) is 0 Å². The van der Waals surface area contributed by atoms with Gasteiger partial charge < -0.3 is 9.42 Å². The molecule has 1 fully saturated rings. The van der Waals surface area contributed by atoms with E-state index in [-0.39, 0.29) is 5.91 Å². The first-order chi connectivity index (χ1) is 13.3. The molecule has 0 aromatic carbocycles. The Balaban J connectivity index is 1.24. The standard InChI is InChI=1S/C19H21N5O2S/c25-18(24-11-9-23(10-12-24)14-16-2-1-13-27-16)4-3-17-21-19(22-26-17)15-5-7-20-8-6-15/h1-2,5-8,13H,3-4,9-12,14H2. The van der Waals surface area contributed by atoms with Crippen LogP contribution in [0.15, 0.2) is 46.6 Å². The normalized spacial score (nSPS) is 15.2. The van der Waals surface area contributed by atoms with Crippen LogP contribution < -0.4 is 0 Å². The summed E-state index contributed by atoms with van der Waals surface area (Å²) in [5.74, 6) is 1.17. The number of nitrogens with zero attached hydrogens (tertiary/aromatic N) is 5. The smallest absolute Gasteiger partial charge is 0.227 e. The average molecular weight is 383 g/mol. The molecule has 0 atom stereocenters. The lowest BCUT2D eigenvalue weighted by molar-refractivity contribution is -0.133. The minimum absolute atomic E-state index is 0.148. The molecule has 4 rings (SSSR count). The van der Waals surface area contributed by atoms with Gasteiger partial charge in [0, 0.05) is 68.4 Å². The Bertz CT molecular complexity index is 857. The van der Waals surface area contributed by atoms with Crippen molar-refractivity contribution in [3.05, 3.63) is 52.8 Å². The van der Waals surface area contributed by atoms with E-state index in [1.54, 1.807) is 23.7 Å². The number of thiophene rings is 1. The van der Waals surface area contributed by atoms with Crippen LogP contribution in [0.2, 0.25) is 0 Å². The van der Waals surface area contributed by atoms with Gasteiger partial charge in [-0.1, -0.05) is 11.2 Å². The first-order valence-corrected chi connectivity index (χ1v) is 9.91. The van der Waals surface area contributed by atoms with Gasteiger partial charge in [0.1, 0.15) is 0 Å². The molecule has 0 spiro atoms. The Morgan fingerprint density at radius 1 is 1.15 bits per heavy atom. The molecule has 3 aromatic rings. The van der Waals surface area contributed by atoms with Crippen LogP contribution in [0, 0.1) is 0 Å². The van der Waals surface area contributed by atoms with Gasteiger partial charge in [0.2, 0.25) is 17.6 Å². The minimum atomic E-state index is 0.148. The van der Waals surface area contributed by atoms with Crippen molar-refractivity contribution in [3.8, 4) is 11.4 Å². The highest BCUT2D eigenvalue weighted by atomic mass is 32.1. The number of aromatic nitrogens is 3. The lowest BCUT2D eigenvalue weighted by atomic mass is 10.2. The molecule has 0 radical (unpaired) electrons. The van der Waals surface area contributed by atoms with E-state index >= 15 is 0 Å². The Labute approximate surface area is 161 Å². The van der Waals surface area contributed by atoms with Crippen LogP contribution in [-0.2, 0) is 17.8 Å². The van der Waals surface area contributed by atoms with Crippen LogP contribution in [-0.4, -0.2) is 57.0 Å². The highest BCUT2D eigenvalue weighted by molar-refractivity contribution is 7.09. The number of pyridine rings is 1. The molecule has 0 aliphatic carbocycles. The second-order valence-electron chi connectivity index (χ2n) is 6.48. The largest absolute Gasteiger partial charge is 0.340 e. The third-order valence-corrected chi connectivity index (χ3v) is 5.51. The quantitative estimate of drug-likeness (QED) is 0.651. The molecule has 3 aromatic heterocycles. The summed E-state index contributed by atoms with van der Waals surface area (Å²) in [5.41, 5.74) is 0.855. The van der Waals surface area contributed by atoms with E-state index in [4.69, 9.17) is 4.52 Å². The average Bonchev–Trinajstić information content (AvgIpc) is 3.39. The summed E-state index contributed by atoms with van der Waals surface area (Å²) >= 11 is 1.78. The van der Waals surface area contributed by atoms with E-state index < -0.39 is 0 Å². The zero-order valence-electron chi connectivity index (χ0n) is 15.0. The van der Waals surface area contributed by atoms with Crippen LogP contribution in [0.1, 0.15) is 17.2 Å². The molecule has 27 heavy (non-hydrogen) atoms. The van der Waals surface area contributed by atoms with E-state index in [9.17, 15) is 4.79 Å². The van der Waals surface area contributed by atoms with Crippen molar-refractivity contribution in [2.24, 2.45) is 0 Å². The lowest BCUT2D eigenvalue weighted by Gasteiger charge is -2.34. The Morgan fingerprint density at radius 3 is 2.70 bits per heavy atom. The monoisotopic (exact) mass is 383 g/mol. The highest BCUT2D eigenvalue weighted by Gasteiger charge is 2.21. The van der Waals surface area contributed by atoms with Crippen molar-refractivity contribution < 1.29 is 9.32 Å². The zero-order chi connectivity index (χ0) is 18.5. The molecule has 0 saturated carbocycles. The number of aryl methyl sites for hydroxylation is 1. The van der Waals surface area contributed by atoms with E-state index in [1.165, 1.54) is 4.88 Å². The molecular formula is C19H21N5O2S. The van der Waals surface area contributed by atoms with Crippen molar-refractivity contribution in [1.29, 1.82) is 0 Å². The van der Waals surface area contributed by atoms with Crippen LogP contribution >= 0.6 is 11.3 Å². The van der Waals surface area contributed by atoms with Gasteiger partial charge in [-0.2, -0.15) is 4.98 Å². The molecular weight excluding hydrogens is 362 g/mol. The summed E-state index contributed by atoms with van der Waals surface area (Å²) < 4.78 is 5.27. The molecule has 1 aliphatic heterocycles. The molecule has 1 aliphatic rings. The summed E-state index contributed by atoms with van der Waals surface area (Å²) in [6.07, 6.45) is 4.23. The van der Waals surface area contributed by atoms with Gasteiger partial charge in [-0.15, -0.1) is 11.3 Å². The summed E-state index contributed by atoms with van der Waals surface area (Å²) in [6.45, 7) is 4.35. The van der Waals surface area contributed by atoms with Gasteiger partial charge in [-0.25, -0.2) is 0 Å². The third kappa shape index (κ3) is 4.58. The predicted octanol–water partition coefficient (Wildman–Crippen LogP) is 2.47. The third-order valence-electron chi connectivity index (χ3n) is 4.64. The number of amides is 1. The van der Waals surface area contributed by atoms with Gasteiger partial charge in [0.15, 0.2) is 0 Å². The second kappa shape index (κ2) is 8.41. The number of hydrogen-bond acceptors (Lipinski definition) is 7. The van der Waals surface area contributed by atoms with Crippen LogP contribution in [0.3, 0.4) is 0 Å². The molecule has 4 heterocycles. The summed E-state index contributed by atoms with van der Waals surface area (Å²) in [5, 5.41) is 6.08. The SMILES string of the molecule is O=C(CCc1nc(-c2ccncc2)no1)N1CCN(Cc2cccs2)CC1. The molecule has 0 unspecified atom stereocenters. The van der Waals surface area contributed by atoms with E-state index in [1.807, 2.05) is 17.0 Å². The highest BCUT2D eigenvalue weighted by Crippen LogP contribution is 2.16. The second-order valence-corrected chi connectivity index (χ2v) is 7.52. The van der Waals surface area contributed by atoms with Gasteiger partial charge >= 0.3 is 0 Å². The maximum absolute atomic E-state index is 12.5. The molecule has 7 nitrogen and oxygen atoms in total. The summed E-state index contributed by atoms with van der Waals surface area (Å²) in [6, 6.07) is 7.90. The summed E-state index contributed by atoms with van der Waals surface area (Å²) in [7, 11) is 0. The fourth-order valence-electron chi connectivity index (χ4n) is 3.12. The van der Waals surface area contributed by atoms with Gasteiger partial charge in [0.05, 0.1) is 0 Å². The number of rotatable bonds is 6. The van der Waals surface area contributed by atoms with Crippen LogP contribution in [0.5, 0.6) is 0 Å². The van der Waals surface area contributed by atoms with Crippen molar-refractivity contribution in [1.82, 2.24) is 24.9 Å². The van der Waals surface area contributed by atoms with Crippen molar-refractivity contribution >= 4 is 17.2 Å². The zero-order valence-corrected chi connectivity index (χ0v) is 15.8. The Hall–Kier alpha value is -2.58. The first kappa shape index (κ1) is 17.8. The predicted molar refractivity (Wildman–Crippen MR) is 102 cm³/mol. The number of piperazine rings is 1. The maximum atomic E-state index is 12.5. The molecule has 0 N–H and O–H groups in total. The molecule has 1 saturated heterocycles. The van der Waals surface area contributed by atoms with Gasteiger partial charge in [0.25, 0.3) is 0 Å². The molecule has 1 amide bonds. The fourth-order valence-corrected chi connectivity index (χ4v) is 3.87. The first-order valence-electron chi connectivity index (χ1n) is 9.03. The number of carbonyl (C=O) groups is 1. The maximum Gasteiger partial charge on any atom is 0.227 e. The van der Waals surface area contributed by atoms with E-state index in [2.05, 4.69) is 37.5 Å². The molecule has 140 valence electrons. The topological polar surface area (TPSA) is 75.4 Å².